The van der Waals surface area contributed by atoms with E-state index in [9.17, 15) is 5.11 Å². The molecule has 0 amide bonds. The summed E-state index contributed by atoms with van der Waals surface area (Å²) in [6.45, 7) is 4.75. The van der Waals surface area contributed by atoms with Crippen molar-refractivity contribution in [1.29, 1.82) is 0 Å². The van der Waals surface area contributed by atoms with E-state index >= 15 is 0 Å². The lowest BCUT2D eigenvalue weighted by molar-refractivity contribution is 0.208. The Balaban J connectivity index is 1.54. The number of hydrogen-bond acceptors (Lipinski definition) is 7. The molecule has 0 radical (unpaired) electrons. The zero-order valence-corrected chi connectivity index (χ0v) is 17.1. The van der Waals surface area contributed by atoms with Gasteiger partial charge in [0.05, 0.1) is 18.0 Å². The minimum atomic E-state index is -0.491. The number of nitrogens with one attached hydrogen (secondary N) is 2. The molecule has 8 heteroatoms. The van der Waals surface area contributed by atoms with Gasteiger partial charge in [-0.2, -0.15) is 19.6 Å². The highest BCUT2D eigenvalue weighted by Crippen LogP contribution is 2.19. The van der Waals surface area contributed by atoms with Gasteiger partial charge in [0.15, 0.2) is 5.65 Å². The molecule has 30 heavy (non-hydrogen) atoms. The highest BCUT2D eigenvalue weighted by atomic mass is 16.3. The molecule has 0 unspecified atom stereocenters. The van der Waals surface area contributed by atoms with Crippen LogP contribution in [0.3, 0.4) is 0 Å². The van der Waals surface area contributed by atoms with Crippen molar-refractivity contribution >= 4 is 17.5 Å². The molecule has 0 fully saturated rings. The van der Waals surface area contributed by atoms with E-state index in [1.807, 2.05) is 24.4 Å². The van der Waals surface area contributed by atoms with Crippen LogP contribution in [0.5, 0.6) is 0 Å². The van der Waals surface area contributed by atoms with E-state index in [-0.39, 0.29) is 0 Å². The van der Waals surface area contributed by atoms with Gasteiger partial charge in [-0.1, -0.05) is 37.3 Å². The topological polar surface area (TPSA) is 100 Å². The summed E-state index contributed by atoms with van der Waals surface area (Å²) in [4.78, 5) is 13.5. The Bertz CT molecular complexity index is 1110. The summed E-state index contributed by atoms with van der Waals surface area (Å²) in [5.41, 5.74) is 4.94. The Labute approximate surface area is 175 Å². The van der Waals surface area contributed by atoms with Gasteiger partial charge in [-0.25, -0.2) is 0 Å². The number of aliphatic hydroxyl groups excluding tert-OH is 1. The van der Waals surface area contributed by atoms with Gasteiger partial charge in [0.25, 0.3) is 0 Å². The number of aromatic nitrogens is 5. The fraction of sp³-hybridized carbons (Fsp3) is 0.273. The molecule has 1 atom stereocenters. The molecule has 0 aliphatic heterocycles. The Hall–Kier alpha value is -3.52. The first kappa shape index (κ1) is 19.8. The monoisotopic (exact) mass is 403 g/mol. The maximum atomic E-state index is 9.56. The number of hydrogen-bond donors (Lipinski definition) is 3. The lowest BCUT2D eigenvalue weighted by atomic mass is 10.1. The zero-order chi connectivity index (χ0) is 20.9. The van der Waals surface area contributed by atoms with Gasteiger partial charge in [0.1, 0.15) is 0 Å². The number of aryl methyl sites for hydroxylation is 1. The maximum absolute atomic E-state index is 9.56. The van der Waals surface area contributed by atoms with Gasteiger partial charge >= 0.3 is 0 Å². The highest BCUT2D eigenvalue weighted by molar-refractivity contribution is 5.59. The molecule has 1 aromatic carbocycles. The Morgan fingerprint density at radius 2 is 1.90 bits per heavy atom. The second-order valence-corrected chi connectivity index (χ2v) is 7.12. The molecule has 3 aromatic heterocycles. The summed E-state index contributed by atoms with van der Waals surface area (Å²) in [6, 6.07) is 14.2. The molecule has 0 saturated heterocycles. The fourth-order valence-corrected chi connectivity index (χ4v) is 3.11. The smallest absolute Gasteiger partial charge is 0.229 e. The third-order valence-corrected chi connectivity index (χ3v) is 4.74. The van der Waals surface area contributed by atoms with Crippen molar-refractivity contribution in [2.24, 2.45) is 0 Å². The van der Waals surface area contributed by atoms with Crippen molar-refractivity contribution in [3.8, 4) is 11.3 Å². The molecule has 3 heterocycles. The van der Waals surface area contributed by atoms with E-state index in [1.165, 1.54) is 0 Å². The number of anilines is 2. The second kappa shape index (κ2) is 8.87. The number of fused-ring (bicyclic) bond motifs is 1. The van der Waals surface area contributed by atoms with Crippen LogP contribution in [0.2, 0.25) is 0 Å². The Morgan fingerprint density at radius 3 is 2.60 bits per heavy atom. The van der Waals surface area contributed by atoms with Crippen LogP contribution in [0.1, 0.15) is 25.0 Å². The molecule has 0 spiro atoms. The largest absolute Gasteiger partial charge is 0.392 e. The standard InChI is InChI=1S/C22H25N7O/c1-3-17-14-26-29-20(17)27-21(24-12-15(2)30)28-22(29)25-13-16-7-9-18(10-8-16)19-6-4-5-11-23-19/h4-11,14-15,30H,3,12-13H2,1-2H3,(H2,24,25,27,28)/t15-/m1/s1. The molecule has 0 saturated carbocycles. The van der Waals surface area contributed by atoms with Crippen LogP contribution in [0.15, 0.2) is 54.9 Å². The molecular weight excluding hydrogens is 378 g/mol. The Morgan fingerprint density at radius 1 is 1.07 bits per heavy atom. The average Bonchev–Trinajstić information content (AvgIpc) is 3.20. The van der Waals surface area contributed by atoms with Gasteiger partial charge < -0.3 is 15.7 Å². The normalized spacial score (nSPS) is 12.1. The number of nitrogens with zero attached hydrogens (tertiary/aromatic N) is 5. The summed E-state index contributed by atoms with van der Waals surface area (Å²) in [5.74, 6) is 1.06. The highest BCUT2D eigenvalue weighted by Gasteiger charge is 2.12. The van der Waals surface area contributed by atoms with Crippen LogP contribution in [0.25, 0.3) is 16.9 Å². The van der Waals surface area contributed by atoms with Gasteiger partial charge in [0, 0.05) is 30.4 Å². The predicted molar refractivity (Wildman–Crippen MR) is 117 cm³/mol. The van der Waals surface area contributed by atoms with Crippen molar-refractivity contribution in [3.63, 3.8) is 0 Å². The van der Waals surface area contributed by atoms with Crippen molar-refractivity contribution in [3.05, 3.63) is 66.0 Å². The third-order valence-electron chi connectivity index (χ3n) is 4.74. The number of benzene rings is 1. The minimum absolute atomic E-state index is 0.375. The quantitative estimate of drug-likeness (QED) is 0.415. The van der Waals surface area contributed by atoms with Crippen molar-refractivity contribution < 1.29 is 5.11 Å². The summed E-state index contributed by atoms with van der Waals surface area (Å²) in [6.07, 6.45) is 3.94. The van der Waals surface area contributed by atoms with E-state index in [1.54, 1.807) is 17.6 Å². The zero-order valence-electron chi connectivity index (χ0n) is 17.1. The number of aliphatic hydroxyl groups is 1. The summed E-state index contributed by atoms with van der Waals surface area (Å²) in [7, 11) is 0. The van der Waals surface area contributed by atoms with Gasteiger partial charge in [-0.3, -0.25) is 4.98 Å². The van der Waals surface area contributed by atoms with Gasteiger partial charge in [-0.15, -0.1) is 0 Å². The van der Waals surface area contributed by atoms with Crippen molar-refractivity contribution in [2.75, 3.05) is 17.2 Å². The van der Waals surface area contributed by atoms with Crippen LogP contribution in [-0.4, -0.2) is 42.3 Å². The van der Waals surface area contributed by atoms with Crippen LogP contribution < -0.4 is 10.6 Å². The van der Waals surface area contributed by atoms with Gasteiger partial charge in [-0.05, 0) is 31.0 Å². The summed E-state index contributed by atoms with van der Waals surface area (Å²) in [5, 5.41) is 20.4. The number of rotatable bonds is 8. The second-order valence-electron chi connectivity index (χ2n) is 7.12. The van der Waals surface area contributed by atoms with E-state index in [2.05, 4.69) is 61.9 Å². The van der Waals surface area contributed by atoms with E-state index in [4.69, 9.17) is 0 Å². The first-order chi connectivity index (χ1) is 14.6. The summed E-state index contributed by atoms with van der Waals surface area (Å²) >= 11 is 0. The van der Waals surface area contributed by atoms with Crippen LogP contribution in [-0.2, 0) is 13.0 Å². The minimum Gasteiger partial charge on any atom is -0.392 e. The lowest BCUT2D eigenvalue weighted by Crippen LogP contribution is -2.18. The predicted octanol–water partition coefficient (Wildman–Crippen LogP) is 3.15. The molecule has 4 aromatic rings. The van der Waals surface area contributed by atoms with Gasteiger partial charge in [0.2, 0.25) is 11.9 Å². The van der Waals surface area contributed by atoms with Crippen LogP contribution >= 0.6 is 0 Å². The van der Waals surface area contributed by atoms with Crippen molar-refractivity contribution in [2.45, 2.75) is 32.9 Å². The third kappa shape index (κ3) is 4.38. The molecule has 0 aliphatic rings. The molecule has 8 nitrogen and oxygen atoms in total. The average molecular weight is 403 g/mol. The molecule has 154 valence electrons. The number of pyridine rings is 1. The molecular formula is C22H25N7O. The van der Waals surface area contributed by atoms with Crippen molar-refractivity contribution in [1.82, 2.24) is 24.6 Å². The molecule has 4 rings (SSSR count). The van der Waals surface area contributed by atoms with Crippen LogP contribution in [0, 0.1) is 0 Å². The van der Waals surface area contributed by atoms with E-state index in [0.717, 1.165) is 34.5 Å². The maximum Gasteiger partial charge on any atom is 0.229 e. The lowest BCUT2D eigenvalue weighted by Gasteiger charge is -2.12. The SMILES string of the molecule is CCc1cnn2c(NCc3ccc(-c4ccccn4)cc3)nc(NC[C@@H](C)O)nc12. The van der Waals surface area contributed by atoms with E-state index in [0.29, 0.717) is 25.0 Å². The summed E-state index contributed by atoms with van der Waals surface area (Å²) < 4.78 is 1.72. The molecule has 0 aliphatic carbocycles. The fourth-order valence-electron chi connectivity index (χ4n) is 3.11. The molecule has 0 bridgehead atoms. The first-order valence-electron chi connectivity index (χ1n) is 10.0. The van der Waals surface area contributed by atoms with E-state index < -0.39 is 6.10 Å². The molecule has 3 N–H and O–H groups in total. The van der Waals surface area contributed by atoms with Crippen LogP contribution in [0.4, 0.5) is 11.9 Å². The Kier molecular flexibility index (Phi) is 5.85. The first-order valence-corrected chi connectivity index (χ1v) is 10.0.